The van der Waals surface area contributed by atoms with Gasteiger partial charge in [0.25, 0.3) is 5.91 Å². The van der Waals surface area contributed by atoms with E-state index in [0.717, 1.165) is 10.9 Å². The molecule has 3 aromatic rings. The number of hydrogen-bond donors (Lipinski definition) is 1. The van der Waals surface area contributed by atoms with E-state index in [-0.39, 0.29) is 18.8 Å². The molecular weight excluding hydrogens is 362 g/mol. The number of esters is 1. The molecule has 1 heterocycles. The van der Waals surface area contributed by atoms with E-state index < -0.39 is 17.5 Å². The van der Waals surface area contributed by atoms with Crippen LogP contribution >= 0.6 is 0 Å². The number of ether oxygens (including phenoxy) is 2. The summed E-state index contributed by atoms with van der Waals surface area (Å²) >= 11 is 0. The number of nitrogens with one attached hydrogen (secondary N) is 1. The van der Waals surface area contributed by atoms with Crippen molar-refractivity contribution >= 4 is 28.5 Å². The average Bonchev–Trinajstić information content (AvgIpc) is 2.66. The molecule has 1 amide bonds. The lowest BCUT2D eigenvalue weighted by molar-refractivity contribution is -0.118. The largest absolute Gasteiger partial charge is 0.484 e. The van der Waals surface area contributed by atoms with E-state index in [1.54, 1.807) is 49.4 Å². The third-order valence-electron chi connectivity index (χ3n) is 3.99. The second kappa shape index (κ2) is 8.39. The maximum absolute atomic E-state index is 12.2. The Hall–Kier alpha value is -3.61. The number of aryl methyl sites for hydroxylation is 1. The SMILES string of the molecule is CCOC(=O)c1ccccc1NC(=O)COc1ccc2c(C)cc(=O)oc2c1. The summed E-state index contributed by atoms with van der Waals surface area (Å²) in [4.78, 5) is 35.7. The molecule has 28 heavy (non-hydrogen) atoms. The van der Waals surface area contributed by atoms with Crippen LogP contribution in [0.15, 0.2) is 57.7 Å². The molecule has 3 rings (SSSR count). The monoisotopic (exact) mass is 381 g/mol. The Balaban J connectivity index is 1.69. The van der Waals surface area contributed by atoms with Gasteiger partial charge < -0.3 is 19.2 Å². The summed E-state index contributed by atoms with van der Waals surface area (Å²) in [6, 6.07) is 13.0. The fourth-order valence-electron chi connectivity index (χ4n) is 2.71. The first-order valence-corrected chi connectivity index (χ1v) is 8.71. The highest BCUT2D eigenvalue weighted by molar-refractivity contribution is 6.01. The minimum Gasteiger partial charge on any atom is -0.484 e. The summed E-state index contributed by atoms with van der Waals surface area (Å²) in [6.07, 6.45) is 0. The highest BCUT2D eigenvalue weighted by atomic mass is 16.5. The predicted octanol–water partition coefficient (Wildman–Crippen LogP) is 3.30. The molecule has 0 saturated carbocycles. The Kier molecular flexibility index (Phi) is 5.74. The number of carbonyl (C=O) groups excluding carboxylic acids is 2. The van der Waals surface area contributed by atoms with Gasteiger partial charge in [0.1, 0.15) is 11.3 Å². The van der Waals surface area contributed by atoms with Gasteiger partial charge in [-0.05, 0) is 43.7 Å². The topological polar surface area (TPSA) is 94.8 Å². The third-order valence-corrected chi connectivity index (χ3v) is 3.99. The van der Waals surface area contributed by atoms with Crippen LogP contribution in [0.5, 0.6) is 5.75 Å². The first-order chi connectivity index (χ1) is 13.5. The van der Waals surface area contributed by atoms with Gasteiger partial charge in [-0.15, -0.1) is 0 Å². The van der Waals surface area contributed by atoms with Gasteiger partial charge in [0, 0.05) is 17.5 Å². The van der Waals surface area contributed by atoms with Gasteiger partial charge in [-0.3, -0.25) is 4.79 Å². The molecule has 7 nitrogen and oxygen atoms in total. The Bertz CT molecular complexity index is 1090. The molecule has 0 bridgehead atoms. The van der Waals surface area contributed by atoms with Crippen LogP contribution in [0.1, 0.15) is 22.8 Å². The van der Waals surface area contributed by atoms with E-state index in [0.29, 0.717) is 17.0 Å². The zero-order valence-electron chi connectivity index (χ0n) is 15.5. The fraction of sp³-hybridized carbons (Fsp3) is 0.190. The first kappa shape index (κ1) is 19.2. The number of anilines is 1. The molecule has 0 aliphatic heterocycles. The maximum atomic E-state index is 12.2. The number of hydrogen-bond acceptors (Lipinski definition) is 6. The molecule has 0 radical (unpaired) electrons. The molecule has 0 aliphatic carbocycles. The summed E-state index contributed by atoms with van der Waals surface area (Å²) < 4.78 is 15.6. The molecule has 0 atom stereocenters. The summed E-state index contributed by atoms with van der Waals surface area (Å²) in [5.41, 5.74) is 1.34. The van der Waals surface area contributed by atoms with Crippen LogP contribution in [0, 0.1) is 6.92 Å². The number of carbonyl (C=O) groups is 2. The quantitative estimate of drug-likeness (QED) is 0.520. The van der Waals surface area contributed by atoms with Crippen molar-refractivity contribution in [3.8, 4) is 5.75 Å². The number of para-hydroxylation sites is 1. The van der Waals surface area contributed by atoms with E-state index in [1.807, 2.05) is 6.92 Å². The molecule has 144 valence electrons. The van der Waals surface area contributed by atoms with Gasteiger partial charge in [-0.1, -0.05) is 12.1 Å². The van der Waals surface area contributed by atoms with Gasteiger partial charge in [0.2, 0.25) is 0 Å². The van der Waals surface area contributed by atoms with Crippen LogP contribution in [-0.4, -0.2) is 25.1 Å². The summed E-state index contributed by atoms with van der Waals surface area (Å²) in [7, 11) is 0. The maximum Gasteiger partial charge on any atom is 0.340 e. The fourth-order valence-corrected chi connectivity index (χ4v) is 2.71. The van der Waals surface area contributed by atoms with Gasteiger partial charge in [0.05, 0.1) is 17.9 Å². The van der Waals surface area contributed by atoms with Crippen molar-refractivity contribution in [1.82, 2.24) is 0 Å². The lowest BCUT2D eigenvalue weighted by Gasteiger charge is -2.11. The number of benzene rings is 2. The summed E-state index contributed by atoms with van der Waals surface area (Å²) in [5, 5.41) is 3.43. The van der Waals surface area contributed by atoms with Crippen LogP contribution in [0.3, 0.4) is 0 Å². The van der Waals surface area contributed by atoms with Gasteiger partial charge in [-0.2, -0.15) is 0 Å². The highest BCUT2D eigenvalue weighted by Gasteiger charge is 2.14. The number of fused-ring (bicyclic) bond motifs is 1. The van der Waals surface area contributed by atoms with Gasteiger partial charge in [0.15, 0.2) is 6.61 Å². The molecule has 0 aliphatic rings. The van der Waals surface area contributed by atoms with Crippen molar-refractivity contribution in [2.75, 3.05) is 18.5 Å². The molecule has 1 N–H and O–H groups in total. The minimum absolute atomic E-state index is 0.238. The second-order valence-corrected chi connectivity index (χ2v) is 6.01. The van der Waals surface area contributed by atoms with Crippen molar-refractivity contribution in [2.45, 2.75) is 13.8 Å². The van der Waals surface area contributed by atoms with E-state index in [9.17, 15) is 14.4 Å². The van der Waals surface area contributed by atoms with Crippen LogP contribution in [0.2, 0.25) is 0 Å². The average molecular weight is 381 g/mol. The minimum atomic E-state index is -0.515. The highest BCUT2D eigenvalue weighted by Crippen LogP contribution is 2.22. The molecule has 0 fully saturated rings. The first-order valence-electron chi connectivity index (χ1n) is 8.71. The van der Waals surface area contributed by atoms with E-state index in [4.69, 9.17) is 13.9 Å². The number of rotatable bonds is 6. The molecule has 0 unspecified atom stereocenters. The van der Waals surface area contributed by atoms with Crippen molar-refractivity contribution < 1.29 is 23.5 Å². The lowest BCUT2D eigenvalue weighted by Crippen LogP contribution is -2.22. The third kappa shape index (κ3) is 4.37. The van der Waals surface area contributed by atoms with E-state index in [1.165, 1.54) is 6.07 Å². The summed E-state index contributed by atoms with van der Waals surface area (Å²) in [5.74, 6) is -0.572. The normalized spacial score (nSPS) is 10.5. The molecule has 7 heteroatoms. The van der Waals surface area contributed by atoms with E-state index in [2.05, 4.69) is 5.32 Å². The summed E-state index contributed by atoms with van der Waals surface area (Å²) in [6.45, 7) is 3.48. The predicted molar refractivity (Wildman–Crippen MR) is 104 cm³/mol. The zero-order valence-corrected chi connectivity index (χ0v) is 15.5. The van der Waals surface area contributed by atoms with Gasteiger partial charge >= 0.3 is 11.6 Å². The zero-order chi connectivity index (χ0) is 20.1. The van der Waals surface area contributed by atoms with E-state index >= 15 is 0 Å². The number of amides is 1. The molecule has 2 aromatic carbocycles. The van der Waals surface area contributed by atoms with Crippen LogP contribution in [0.4, 0.5) is 5.69 Å². The second-order valence-electron chi connectivity index (χ2n) is 6.01. The van der Waals surface area contributed by atoms with Crippen LogP contribution < -0.4 is 15.7 Å². The van der Waals surface area contributed by atoms with Crippen LogP contribution in [-0.2, 0) is 9.53 Å². The Morgan fingerprint density at radius 3 is 2.68 bits per heavy atom. The van der Waals surface area contributed by atoms with Crippen LogP contribution in [0.25, 0.3) is 11.0 Å². The van der Waals surface area contributed by atoms with Gasteiger partial charge in [-0.25, -0.2) is 9.59 Å². The Morgan fingerprint density at radius 1 is 1.11 bits per heavy atom. The smallest absolute Gasteiger partial charge is 0.340 e. The Labute approximate surface area is 160 Å². The molecule has 1 aromatic heterocycles. The Morgan fingerprint density at radius 2 is 1.89 bits per heavy atom. The van der Waals surface area contributed by atoms with Crippen molar-refractivity contribution in [2.24, 2.45) is 0 Å². The molecular formula is C21H19NO6. The van der Waals surface area contributed by atoms with Crippen molar-refractivity contribution in [3.63, 3.8) is 0 Å². The standard InChI is InChI=1S/C21H19NO6/c1-3-26-21(25)16-6-4-5-7-17(16)22-19(23)12-27-14-8-9-15-13(2)10-20(24)28-18(15)11-14/h4-11H,3,12H2,1-2H3,(H,22,23). The molecule has 0 spiro atoms. The lowest BCUT2D eigenvalue weighted by atomic mass is 10.1. The molecule has 0 saturated heterocycles. The van der Waals surface area contributed by atoms with Crippen molar-refractivity contribution in [3.05, 3.63) is 70.1 Å². The van der Waals surface area contributed by atoms with Crippen molar-refractivity contribution in [1.29, 1.82) is 0 Å².